The van der Waals surface area contributed by atoms with Crippen LogP contribution >= 0.6 is 11.3 Å². The Bertz CT molecular complexity index is 1150. The maximum Gasteiger partial charge on any atom is 0.410 e. The van der Waals surface area contributed by atoms with Crippen molar-refractivity contribution in [1.82, 2.24) is 9.80 Å². The number of fused-ring (bicyclic) bond motifs is 2. The first-order chi connectivity index (χ1) is 16.0. The third-order valence-electron chi connectivity index (χ3n) is 5.69. The fraction of sp³-hybridized carbons (Fsp3) is 0.417. The summed E-state index contributed by atoms with van der Waals surface area (Å²) in [6, 6.07) is 6.03. The van der Waals surface area contributed by atoms with E-state index >= 15 is 0 Å². The molecule has 10 heteroatoms. The summed E-state index contributed by atoms with van der Waals surface area (Å²) in [6.07, 6.45) is -0.329. The Kier molecular flexibility index (Phi) is 6.11. The highest BCUT2D eigenvalue weighted by Gasteiger charge is 2.42. The van der Waals surface area contributed by atoms with Gasteiger partial charge in [-0.1, -0.05) is 12.1 Å². The minimum absolute atomic E-state index is 0.0336. The molecule has 0 fully saturated rings. The molecule has 180 valence electrons. The molecule has 3 heterocycles. The fourth-order valence-corrected chi connectivity index (χ4v) is 5.34. The third kappa shape index (κ3) is 4.25. The molecule has 1 unspecified atom stereocenters. The average molecular weight is 486 g/mol. The largest absolute Gasteiger partial charge is 0.456 e. The van der Waals surface area contributed by atoms with Gasteiger partial charge >= 0.3 is 12.1 Å². The number of imide groups is 1. The summed E-state index contributed by atoms with van der Waals surface area (Å²) in [7, 11) is 0. The highest BCUT2D eigenvalue weighted by molar-refractivity contribution is 7.16. The van der Waals surface area contributed by atoms with Crippen LogP contribution in [0.5, 0.6) is 0 Å². The average Bonchev–Trinajstić information content (AvgIpc) is 3.20. The van der Waals surface area contributed by atoms with E-state index in [1.165, 1.54) is 16.2 Å². The summed E-state index contributed by atoms with van der Waals surface area (Å²) in [6.45, 7) is 7.32. The summed E-state index contributed by atoms with van der Waals surface area (Å²) >= 11 is 1.23. The molecular formula is C24H27N3O6S. The smallest absolute Gasteiger partial charge is 0.410 e. The molecular weight excluding hydrogens is 458 g/mol. The van der Waals surface area contributed by atoms with Gasteiger partial charge in [0, 0.05) is 4.88 Å². The highest BCUT2D eigenvalue weighted by atomic mass is 32.1. The predicted molar refractivity (Wildman–Crippen MR) is 126 cm³/mol. The second-order valence-electron chi connectivity index (χ2n) is 9.20. The number of anilines is 1. The van der Waals surface area contributed by atoms with E-state index in [1.54, 1.807) is 52.0 Å². The van der Waals surface area contributed by atoms with Crippen LogP contribution in [0.3, 0.4) is 0 Å². The zero-order valence-corrected chi connectivity index (χ0v) is 20.4. The second kappa shape index (κ2) is 8.75. The molecule has 4 rings (SSSR count). The van der Waals surface area contributed by atoms with E-state index in [-0.39, 0.29) is 31.7 Å². The molecule has 0 saturated heterocycles. The predicted octanol–water partition coefficient (Wildman–Crippen LogP) is 3.47. The van der Waals surface area contributed by atoms with Crippen molar-refractivity contribution in [2.24, 2.45) is 0 Å². The normalized spacial score (nSPS) is 17.5. The van der Waals surface area contributed by atoms with E-state index in [9.17, 15) is 19.2 Å². The number of rotatable bonds is 4. The number of carbonyl (C=O) groups excluding carboxylic acids is 4. The van der Waals surface area contributed by atoms with Crippen LogP contribution in [0.2, 0.25) is 0 Å². The van der Waals surface area contributed by atoms with Crippen LogP contribution in [-0.2, 0) is 22.4 Å². The zero-order chi connectivity index (χ0) is 24.8. The highest BCUT2D eigenvalue weighted by Crippen LogP contribution is 2.39. The molecule has 1 aromatic heterocycles. The molecule has 2 aliphatic heterocycles. The standard InChI is InChI=1S/C24H27N3O6S/c1-5-32-23(31)26-12-17-16(18(19(25)34-17)22(30)33-24(2,3)4)10-13(26)11-27-20(28)14-8-6-7-9-15(14)21(27)29/h6-9,13H,5,10-12,25H2,1-4H3. The van der Waals surface area contributed by atoms with Crippen LogP contribution in [0, 0.1) is 0 Å². The molecule has 0 saturated carbocycles. The number of esters is 1. The summed E-state index contributed by atoms with van der Waals surface area (Å²) in [4.78, 5) is 55.0. The number of carbonyl (C=O) groups is 4. The van der Waals surface area contributed by atoms with Crippen molar-refractivity contribution >= 4 is 40.2 Å². The van der Waals surface area contributed by atoms with E-state index in [1.807, 2.05) is 0 Å². The first-order valence-electron chi connectivity index (χ1n) is 11.0. The quantitative estimate of drug-likeness (QED) is 0.520. The number of nitrogen functional groups attached to an aromatic ring is 1. The van der Waals surface area contributed by atoms with Crippen molar-refractivity contribution < 1.29 is 28.7 Å². The summed E-state index contributed by atoms with van der Waals surface area (Å²) in [5.74, 6) is -1.36. The molecule has 3 amide bonds. The van der Waals surface area contributed by atoms with E-state index in [0.29, 0.717) is 21.7 Å². The van der Waals surface area contributed by atoms with Crippen LogP contribution in [0.4, 0.5) is 9.80 Å². The SMILES string of the molecule is CCOC(=O)N1Cc2sc(N)c(C(=O)OC(C)(C)C)c2CC1CN1C(=O)c2ccccc2C1=O. The Labute approximate surface area is 201 Å². The van der Waals surface area contributed by atoms with Gasteiger partial charge in [0.2, 0.25) is 0 Å². The van der Waals surface area contributed by atoms with Crippen molar-refractivity contribution in [1.29, 1.82) is 0 Å². The number of amides is 3. The van der Waals surface area contributed by atoms with Crippen molar-refractivity contribution in [3.8, 4) is 0 Å². The van der Waals surface area contributed by atoms with Crippen LogP contribution in [0.25, 0.3) is 0 Å². The van der Waals surface area contributed by atoms with Gasteiger partial charge in [0.05, 0.1) is 42.4 Å². The lowest BCUT2D eigenvalue weighted by atomic mass is 9.96. The molecule has 2 aliphatic rings. The minimum Gasteiger partial charge on any atom is -0.456 e. The lowest BCUT2D eigenvalue weighted by Crippen LogP contribution is -2.51. The summed E-state index contributed by atoms with van der Waals surface area (Å²) in [5, 5.41) is 0.310. The lowest BCUT2D eigenvalue weighted by molar-refractivity contribution is 0.00682. The first-order valence-corrected chi connectivity index (χ1v) is 11.9. The van der Waals surface area contributed by atoms with E-state index in [2.05, 4.69) is 0 Å². The Balaban J connectivity index is 1.67. The maximum absolute atomic E-state index is 12.9. The van der Waals surface area contributed by atoms with Crippen LogP contribution in [0.1, 0.15) is 69.2 Å². The molecule has 2 N–H and O–H groups in total. The van der Waals surface area contributed by atoms with Gasteiger partial charge in [-0.05, 0) is 51.8 Å². The van der Waals surface area contributed by atoms with Gasteiger partial charge in [-0.15, -0.1) is 11.3 Å². The van der Waals surface area contributed by atoms with Gasteiger partial charge in [-0.2, -0.15) is 0 Å². The molecule has 1 aromatic carbocycles. The third-order valence-corrected chi connectivity index (χ3v) is 6.74. The van der Waals surface area contributed by atoms with Crippen LogP contribution < -0.4 is 5.73 Å². The van der Waals surface area contributed by atoms with E-state index < -0.39 is 35.5 Å². The van der Waals surface area contributed by atoms with Crippen molar-refractivity contribution in [2.75, 3.05) is 18.9 Å². The molecule has 0 radical (unpaired) electrons. The molecule has 1 atom stereocenters. The molecule has 0 spiro atoms. The second-order valence-corrected chi connectivity index (χ2v) is 10.3. The zero-order valence-electron chi connectivity index (χ0n) is 19.5. The number of hydrogen-bond acceptors (Lipinski definition) is 8. The first kappa shape index (κ1) is 23.7. The number of benzene rings is 1. The van der Waals surface area contributed by atoms with Crippen LogP contribution in [-0.4, -0.2) is 58.5 Å². The number of hydrogen-bond donors (Lipinski definition) is 1. The van der Waals surface area contributed by atoms with E-state index in [4.69, 9.17) is 15.2 Å². The van der Waals surface area contributed by atoms with Gasteiger partial charge in [-0.3, -0.25) is 19.4 Å². The molecule has 34 heavy (non-hydrogen) atoms. The number of nitrogens with zero attached hydrogens (tertiary/aromatic N) is 2. The maximum atomic E-state index is 12.9. The van der Waals surface area contributed by atoms with Crippen molar-refractivity contribution in [3.05, 3.63) is 51.4 Å². The fourth-order valence-electron chi connectivity index (χ4n) is 4.26. The summed E-state index contributed by atoms with van der Waals surface area (Å²) < 4.78 is 10.8. The molecule has 0 bridgehead atoms. The Morgan fingerprint density at radius 1 is 1.15 bits per heavy atom. The minimum atomic E-state index is -0.705. The van der Waals surface area contributed by atoms with Crippen molar-refractivity contribution in [3.63, 3.8) is 0 Å². The monoisotopic (exact) mass is 485 g/mol. The molecule has 0 aliphatic carbocycles. The van der Waals surface area contributed by atoms with Gasteiger partial charge in [-0.25, -0.2) is 9.59 Å². The van der Waals surface area contributed by atoms with Gasteiger partial charge in [0.25, 0.3) is 11.8 Å². The Hall–Kier alpha value is -3.40. The Morgan fingerprint density at radius 3 is 2.32 bits per heavy atom. The number of nitrogens with two attached hydrogens (primary N) is 1. The van der Waals surface area contributed by atoms with Crippen LogP contribution in [0.15, 0.2) is 24.3 Å². The lowest BCUT2D eigenvalue weighted by Gasteiger charge is -2.36. The van der Waals surface area contributed by atoms with Gasteiger partial charge in [0.15, 0.2) is 0 Å². The summed E-state index contributed by atoms with van der Waals surface area (Å²) in [5.41, 5.74) is 7.12. The van der Waals surface area contributed by atoms with E-state index in [0.717, 1.165) is 9.78 Å². The molecule has 2 aromatic rings. The van der Waals surface area contributed by atoms with Crippen molar-refractivity contribution in [2.45, 2.75) is 52.3 Å². The van der Waals surface area contributed by atoms with Gasteiger partial charge < -0.3 is 15.2 Å². The number of ether oxygens (including phenoxy) is 2. The number of thiophene rings is 1. The van der Waals surface area contributed by atoms with Gasteiger partial charge in [0.1, 0.15) is 10.6 Å². The topological polar surface area (TPSA) is 119 Å². The Morgan fingerprint density at radius 2 is 1.76 bits per heavy atom. The molecule has 9 nitrogen and oxygen atoms in total.